The van der Waals surface area contributed by atoms with E-state index in [1.807, 2.05) is 61.5 Å². The Balaban J connectivity index is 1.62. The van der Waals surface area contributed by atoms with Crippen molar-refractivity contribution in [3.05, 3.63) is 64.8 Å². The van der Waals surface area contributed by atoms with Crippen LogP contribution in [0.5, 0.6) is 0 Å². The number of nitrogens with zero attached hydrogens (tertiary/aromatic N) is 4. The monoisotopic (exact) mass is 423 g/mol. The van der Waals surface area contributed by atoms with Crippen molar-refractivity contribution < 1.29 is 9.59 Å². The molecule has 1 aromatic carbocycles. The number of benzene rings is 1. The minimum atomic E-state index is -0.144. The van der Waals surface area contributed by atoms with E-state index in [0.29, 0.717) is 17.5 Å². The lowest BCUT2D eigenvalue weighted by Gasteiger charge is -2.18. The van der Waals surface area contributed by atoms with Crippen molar-refractivity contribution in [1.82, 2.24) is 14.9 Å². The number of aryl methyl sites for hydroxylation is 2. The summed E-state index contributed by atoms with van der Waals surface area (Å²) in [7, 11) is 1.85. The molecule has 0 radical (unpaired) electrons. The predicted molar refractivity (Wildman–Crippen MR) is 120 cm³/mol. The second-order valence-electron chi connectivity index (χ2n) is 7.25. The van der Waals surface area contributed by atoms with E-state index in [1.54, 1.807) is 17.2 Å². The molecule has 30 heavy (non-hydrogen) atoms. The first-order chi connectivity index (χ1) is 14.3. The Kier molecular flexibility index (Phi) is 6.91. The zero-order valence-corrected chi connectivity index (χ0v) is 18.4. The van der Waals surface area contributed by atoms with Crippen LogP contribution in [0.4, 0.5) is 16.6 Å². The van der Waals surface area contributed by atoms with E-state index in [9.17, 15) is 9.59 Å². The molecule has 0 bridgehead atoms. The minimum Gasteiger partial charge on any atom is -0.310 e. The second kappa shape index (κ2) is 9.60. The van der Waals surface area contributed by atoms with Gasteiger partial charge in [-0.2, -0.15) is 0 Å². The molecular formula is C22H25N5O2S. The van der Waals surface area contributed by atoms with Crippen LogP contribution in [0.1, 0.15) is 23.7 Å². The Bertz CT molecular complexity index is 1010. The van der Waals surface area contributed by atoms with Crippen molar-refractivity contribution in [2.45, 2.75) is 27.3 Å². The van der Waals surface area contributed by atoms with Gasteiger partial charge in [0.25, 0.3) is 0 Å². The molecule has 0 fully saturated rings. The number of rotatable bonds is 7. The Labute approximate surface area is 180 Å². The molecule has 156 valence electrons. The van der Waals surface area contributed by atoms with Gasteiger partial charge in [0.2, 0.25) is 11.8 Å². The zero-order chi connectivity index (χ0) is 21.7. The zero-order valence-electron chi connectivity index (χ0n) is 17.5. The number of aromatic nitrogens is 2. The van der Waals surface area contributed by atoms with Crippen molar-refractivity contribution in [2.24, 2.45) is 0 Å². The van der Waals surface area contributed by atoms with E-state index in [0.717, 1.165) is 22.5 Å². The van der Waals surface area contributed by atoms with Gasteiger partial charge < -0.3 is 5.32 Å². The van der Waals surface area contributed by atoms with Gasteiger partial charge in [0.15, 0.2) is 5.13 Å². The molecular weight excluding hydrogens is 398 g/mol. The maximum atomic E-state index is 12.2. The Hall–Kier alpha value is -3.10. The summed E-state index contributed by atoms with van der Waals surface area (Å²) in [5.74, 6) is 0.289. The average molecular weight is 424 g/mol. The van der Waals surface area contributed by atoms with Crippen LogP contribution >= 0.6 is 11.3 Å². The molecule has 0 saturated heterocycles. The van der Waals surface area contributed by atoms with Crippen molar-refractivity contribution in [3.63, 3.8) is 0 Å². The summed E-state index contributed by atoms with van der Waals surface area (Å²) < 4.78 is 0. The van der Waals surface area contributed by atoms with Crippen LogP contribution in [0.25, 0.3) is 0 Å². The molecule has 3 aromatic rings. The highest BCUT2D eigenvalue weighted by atomic mass is 32.1. The molecule has 0 aliphatic carbocycles. The van der Waals surface area contributed by atoms with Gasteiger partial charge in [-0.3, -0.25) is 19.4 Å². The van der Waals surface area contributed by atoms with Gasteiger partial charge in [0.05, 0.1) is 17.9 Å². The van der Waals surface area contributed by atoms with Crippen LogP contribution in [-0.2, 0) is 16.1 Å². The summed E-state index contributed by atoms with van der Waals surface area (Å²) in [5, 5.41) is 5.31. The van der Waals surface area contributed by atoms with E-state index in [2.05, 4.69) is 15.3 Å². The van der Waals surface area contributed by atoms with Crippen LogP contribution in [0.15, 0.2) is 48.0 Å². The number of hydrogen-bond donors (Lipinski definition) is 1. The molecule has 0 atom stereocenters. The number of thiazole rings is 1. The molecule has 2 aromatic heterocycles. The van der Waals surface area contributed by atoms with Gasteiger partial charge in [-0.05, 0) is 44.7 Å². The maximum absolute atomic E-state index is 12.2. The molecule has 3 rings (SSSR count). The quantitative estimate of drug-likeness (QED) is 0.623. The maximum Gasteiger partial charge on any atom is 0.239 e. The van der Waals surface area contributed by atoms with Gasteiger partial charge in [0.1, 0.15) is 5.82 Å². The number of nitrogens with one attached hydrogen (secondary N) is 1. The fourth-order valence-corrected chi connectivity index (χ4v) is 3.77. The summed E-state index contributed by atoms with van der Waals surface area (Å²) in [5.41, 5.74) is 3.75. The molecule has 0 unspecified atom stereocenters. The molecule has 0 saturated carbocycles. The molecule has 0 spiro atoms. The standard InChI is InChI=1S/C22H25N5O2S/c1-15-5-8-19(9-6-15)27(17(3)28)22-24-18(14-30-22)12-26(4)13-21(29)25-20-10-7-16(2)11-23-20/h5-11,14H,12-13H2,1-4H3,(H,23,25,29). The van der Waals surface area contributed by atoms with Gasteiger partial charge in [0, 0.05) is 25.0 Å². The molecule has 7 nitrogen and oxygen atoms in total. The first kappa shape index (κ1) is 21.6. The topological polar surface area (TPSA) is 78.4 Å². The number of amides is 2. The largest absolute Gasteiger partial charge is 0.310 e. The van der Waals surface area contributed by atoms with Gasteiger partial charge in [-0.15, -0.1) is 11.3 Å². The second-order valence-corrected chi connectivity index (χ2v) is 8.09. The van der Waals surface area contributed by atoms with Gasteiger partial charge >= 0.3 is 0 Å². The Morgan fingerprint density at radius 3 is 2.40 bits per heavy atom. The van der Waals surface area contributed by atoms with Crippen molar-refractivity contribution in [1.29, 1.82) is 0 Å². The van der Waals surface area contributed by atoms with Crippen LogP contribution in [-0.4, -0.2) is 40.3 Å². The lowest BCUT2D eigenvalue weighted by atomic mass is 10.2. The van der Waals surface area contributed by atoms with Gasteiger partial charge in [-0.25, -0.2) is 9.97 Å². The summed E-state index contributed by atoms with van der Waals surface area (Å²) in [6.45, 7) is 6.17. The average Bonchev–Trinajstić information content (AvgIpc) is 3.12. The van der Waals surface area contributed by atoms with Crippen molar-refractivity contribution in [2.75, 3.05) is 23.8 Å². The molecule has 2 amide bonds. The summed E-state index contributed by atoms with van der Waals surface area (Å²) in [6.07, 6.45) is 1.71. The Morgan fingerprint density at radius 1 is 1.07 bits per heavy atom. The third kappa shape index (κ3) is 5.71. The molecule has 0 aliphatic heterocycles. The van der Waals surface area contributed by atoms with Crippen molar-refractivity contribution >= 4 is 39.8 Å². The first-order valence-electron chi connectivity index (χ1n) is 9.54. The van der Waals surface area contributed by atoms with Crippen LogP contribution in [0, 0.1) is 13.8 Å². The fourth-order valence-electron chi connectivity index (χ4n) is 2.89. The van der Waals surface area contributed by atoms with E-state index < -0.39 is 0 Å². The van der Waals surface area contributed by atoms with Crippen LogP contribution in [0.2, 0.25) is 0 Å². The molecule has 8 heteroatoms. The van der Waals surface area contributed by atoms with Gasteiger partial charge in [-0.1, -0.05) is 23.8 Å². The first-order valence-corrected chi connectivity index (χ1v) is 10.4. The molecule has 0 aliphatic rings. The number of anilines is 3. The number of carbonyl (C=O) groups excluding carboxylic acids is 2. The Morgan fingerprint density at radius 2 is 1.77 bits per heavy atom. The highest BCUT2D eigenvalue weighted by Crippen LogP contribution is 2.29. The van der Waals surface area contributed by atoms with E-state index in [4.69, 9.17) is 0 Å². The fraction of sp³-hybridized carbons (Fsp3) is 0.273. The summed E-state index contributed by atoms with van der Waals surface area (Å²) in [4.78, 5) is 36.7. The lowest BCUT2D eigenvalue weighted by Crippen LogP contribution is -2.30. The number of carbonyl (C=O) groups is 2. The predicted octanol–water partition coefficient (Wildman–Crippen LogP) is 3.91. The minimum absolute atomic E-state index is 0.0990. The third-order valence-corrected chi connectivity index (χ3v) is 5.24. The smallest absolute Gasteiger partial charge is 0.239 e. The highest BCUT2D eigenvalue weighted by molar-refractivity contribution is 7.14. The third-order valence-electron chi connectivity index (χ3n) is 4.36. The van der Waals surface area contributed by atoms with E-state index in [1.165, 1.54) is 18.3 Å². The summed E-state index contributed by atoms with van der Waals surface area (Å²) in [6, 6.07) is 11.4. The molecule has 1 N–H and O–H groups in total. The molecule has 2 heterocycles. The van der Waals surface area contributed by atoms with Crippen LogP contribution in [0.3, 0.4) is 0 Å². The SMILES string of the molecule is CC(=O)N(c1ccc(C)cc1)c1nc(CN(C)CC(=O)Nc2ccc(C)cn2)cs1. The van der Waals surface area contributed by atoms with E-state index >= 15 is 0 Å². The number of hydrogen-bond acceptors (Lipinski definition) is 6. The van der Waals surface area contributed by atoms with Crippen molar-refractivity contribution in [3.8, 4) is 0 Å². The van der Waals surface area contributed by atoms with Crippen LogP contribution < -0.4 is 10.2 Å². The highest BCUT2D eigenvalue weighted by Gasteiger charge is 2.18. The van der Waals surface area contributed by atoms with E-state index in [-0.39, 0.29) is 18.4 Å². The number of likely N-dealkylation sites (N-methyl/N-ethyl adjacent to an activating group) is 1. The summed E-state index contributed by atoms with van der Waals surface area (Å²) >= 11 is 1.41. The number of pyridine rings is 1. The normalized spacial score (nSPS) is 10.8. The lowest BCUT2D eigenvalue weighted by molar-refractivity contribution is -0.117.